The topological polar surface area (TPSA) is 46.6 Å². The van der Waals surface area contributed by atoms with Gasteiger partial charge in [-0.25, -0.2) is 4.79 Å². The normalized spacial score (nSPS) is 20.5. The van der Waals surface area contributed by atoms with Gasteiger partial charge in [0, 0.05) is 6.54 Å². The highest BCUT2D eigenvalue weighted by molar-refractivity contribution is 5.89. The average Bonchev–Trinajstić information content (AvgIpc) is 2.62. The molecule has 1 rings (SSSR count). The first kappa shape index (κ1) is 11.5. The van der Waals surface area contributed by atoms with Gasteiger partial charge in [-0.1, -0.05) is 12.2 Å². The van der Waals surface area contributed by atoms with Crippen LogP contribution in [0.1, 0.15) is 0 Å². The maximum absolute atomic E-state index is 12.1. The smallest absolute Gasteiger partial charge is 0.467 e. The molecular weight excluding hydrogens is 215 g/mol. The summed E-state index contributed by atoms with van der Waals surface area (Å²) in [6.45, 7) is -0.238. The highest BCUT2D eigenvalue weighted by Gasteiger charge is 2.46. The van der Waals surface area contributed by atoms with Gasteiger partial charge in [0.05, 0.1) is 7.11 Å². The molecule has 0 aliphatic carbocycles. The van der Waals surface area contributed by atoms with Crippen molar-refractivity contribution in [2.24, 2.45) is 0 Å². The van der Waals surface area contributed by atoms with Crippen LogP contribution in [-0.2, 0) is 14.3 Å². The van der Waals surface area contributed by atoms with Gasteiger partial charge in [-0.15, -0.1) is 0 Å². The van der Waals surface area contributed by atoms with Gasteiger partial charge in [-0.3, -0.25) is 4.79 Å². The third kappa shape index (κ3) is 2.28. The molecule has 7 heteroatoms. The van der Waals surface area contributed by atoms with Crippen LogP contribution in [0.5, 0.6) is 0 Å². The number of esters is 1. The lowest BCUT2D eigenvalue weighted by Gasteiger charge is -2.23. The molecule has 1 amide bonds. The molecule has 1 aliphatic rings. The molecule has 0 aromatic rings. The van der Waals surface area contributed by atoms with Crippen molar-refractivity contribution in [3.63, 3.8) is 0 Å². The quantitative estimate of drug-likeness (QED) is 0.480. The molecule has 4 nitrogen and oxygen atoms in total. The molecule has 0 N–H and O–H groups in total. The Morgan fingerprint density at radius 1 is 1.47 bits per heavy atom. The fourth-order valence-corrected chi connectivity index (χ4v) is 1.22. The van der Waals surface area contributed by atoms with E-state index in [0.717, 1.165) is 7.11 Å². The number of carbonyl (C=O) groups excluding carboxylic acids is 2. The summed E-state index contributed by atoms with van der Waals surface area (Å²) in [6, 6.07) is -1.27. The molecule has 1 heterocycles. The van der Waals surface area contributed by atoms with Gasteiger partial charge in [0.1, 0.15) is 6.04 Å². The predicted octanol–water partition coefficient (Wildman–Crippen LogP) is 0.489. The van der Waals surface area contributed by atoms with Gasteiger partial charge in [-0.05, 0) is 0 Å². The molecule has 0 bridgehead atoms. The molecule has 0 spiro atoms. The van der Waals surface area contributed by atoms with E-state index in [-0.39, 0.29) is 6.54 Å². The second-order valence-electron chi connectivity index (χ2n) is 2.85. The lowest BCUT2D eigenvalue weighted by atomic mass is 10.3. The van der Waals surface area contributed by atoms with Crippen LogP contribution < -0.4 is 0 Å². The summed E-state index contributed by atoms with van der Waals surface area (Å²) < 4.78 is 40.5. The van der Waals surface area contributed by atoms with Crippen molar-refractivity contribution in [2.75, 3.05) is 13.7 Å². The first-order valence-corrected chi connectivity index (χ1v) is 4.00. The second kappa shape index (κ2) is 3.92. The number of ether oxygens (including phenoxy) is 1. The SMILES string of the molecule is COC(=O)C1C=CCN1C(=O)C(F)(F)F. The third-order valence-corrected chi connectivity index (χ3v) is 1.90. The number of carbonyl (C=O) groups is 2. The Labute approximate surface area is 83.3 Å². The van der Waals surface area contributed by atoms with Crippen molar-refractivity contribution in [3.05, 3.63) is 12.2 Å². The summed E-state index contributed by atoms with van der Waals surface area (Å²) in [6.07, 6.45) is -2.46. The van der Waals surface area contributed by atoms with Crippen molar-refractivity contribution in [1.29, 1.82) is 0 Å². The summed E-state index contributed by atoms with van der Waals surface area (Å²) in [4.78, 5) is 22.3. The molecule has 1 aliphatic heterocycles. The zero-order valence-electron chi connectivity index (χ0n) is 7.75. The van der Waals surface area contributed by atoms with Gasteiger partial charge < -0.3 is 9.64 Å². The molecule has 0 fully saturated rings. The van der Waals surface area contributed by atoms with Crippen LogP contribution in [0.3, 0.4) is 0 Å². The van der Waals surface area contributed by atoms with E-state index >= 15 is 0 Å². The molecule has 0 aromatic carbocycles. The van der Waals surface area contributed by atoms with E-state index in [1.807, 2.05) is 0 Å². The van der Waals surface area contributed by atoms with E-state index in [9.17, 15) is 22.8 Å². The number of alkyl halides is 3. The Kier molecular flexibility index (Phi) is 3.01. The van der Waals surface area contributed by atoms with Crippen LogP contribution >= 0.6 is 0 Å². The Bertz CT molecular complexity index is 311. The van der Waals surface area contributed by atoms with E-state index in [2.05, 4.69) is 4.74 Å². The first-order chi connectivity index (χ1) is 6.88. The fourth-order valence-electron chi connectivity index (χ4n) is 1.22. The maximum atomic E-state index is 12.1. The van der Waals surface area contributed by atoms with Gasteiger partial charge >= 0.3 is 18.1 Å². The maximum Gasteiger partial charge on any atom is 0.471 e. The number of halogens is 3. The molecule has 15 heavy (non-hydrogen) atoms. The number of hydrogen-bond acceptors (Lipinski definition) is 3. The summed E-state index contributed by atoms with van der Waals surface area (Å²) in [7, 11) is 1.05. The lowest BCUT2D eigenvalue weighted by molar-refractivity contribution is -0.187. The highest BCUT2D eigenvalue weighted by Crippen LogP contribution is 2.22. The Morgan fingerprint density at radius 3 is 2.53 bits per heavy atom. The Hall–Kier alpha value is -1.53. The number of nitrogens with zero attached hydrogens (tertiary/aromatic N) is 1. The summed E-state index contributed by atoms with van der Waals surface area (Å²) in [5, 5.41) is 0. The van der Waals surface area contributed by atoms with Crippen LogP contribution in [0, 0.1) is 0 Å². The molecule has 1 unspecified atom stereocenters. The minimum atomic E-state index is -4.97. The van der Waals surface area contributed by atoms with E-state index in [1.54, 1.807) is 0 Å². The van der Waals surface area contributed by atoms with Crippen molar-refractivity contribution in [1.82, 2.24) is 4.90 Å². The van der Waals surface area contributed by atoms with E-state index < -0.39 is 24.1 Å². The average molecular weight is 223 g/mol. The highest BCUT2D eigenvalue weighted by atomic mass is 19.4. The predicted molar refractivity (Wildman–Crippen MR) is 42.7 cm³/mol. The Morgan fingerprint density at radius 2 is 2.07 bits per heavy atom. The summed E-state index contributed by atoms with van der Waals surface area (Å²) in [5.74, 6) is -2.93. The molecule has 0 saturated carbocycles. The number of rotatable bonds is 1. The zero-order chi connectivity index (χ0) is 11.6. The van der Waals surface area contributed by atoms with Gasteiger partial charge in [0.25, 0.3) is 0 Å². The lowest BCUT2D eigenvalue weighted by Crippen LogP contribution is -2.47. The van der Waals surface area contributed by atoms with Gasteiger partial charge in [0.15, 0.2) is 0 Å². The van der Waals surface area contributed by atoms with Crippen LogP contribution in [0.4, 0.5) is 13.2 Å². The molecule has 0 radical (unpaired) electrons. The van der Waals surface area contributed by atoms with Crippen LogP contribution in [-0.4, -0.2) is 42.6 Å². The first-order valence-electron chi connectivity index (χ1n) is 4.00. The number of amides is 1. The van der Waals surface area contributed by atoms with Crippen LogP contribution in [0.2, 0.25) is 0 Å². The van der Waals surface area contributed by atoms with Gasteiger partial charge in [0.2, 0.25) is 0 Å². The van der Waals surface area contributed by atoms with Gasteiger partial charge in [-0.2, -0.15) is 13.2 Å². The number of methoxy groups -OCH3 is 1. The number of hydrogen-bond donors (Lipinski definition) is 0. The minimum Gasteiger partial charge on any atom is -0.467 e. The summed E-state index contributed by atoms with van der Waals surface area (Å²) >= 11 is 0. The molecular formula is C8H8F3NO3. The second-order valence-corrected chi connectivity index (χ2v) is 2.85. The standard InChI is InChI=1S/C8H8F3NO3/c1-15-6(13)5-3-2-4-12(5)7(14)8(9,10)11/h2-3,5H,4H2,1H3. The van der Waals surface area contributed by atoms with Crippen LogP contribution in [0.25, 0.3) is 0 Å². The summed E-state index contributed by atoms with van der Waals surface area (Å²) in [5.41, 5.74) is 0. The van der Waals surface area contributed by atoms with E-state index in [4.69, 9.17) is 0 Å². The van der Waals surface area contributed by atoms with Crippen molar-refractivity contribution in [2.45, 2.75) is 12.2 Å². The fraction of sp³-hybridized carbons (Fsp3) is 0.500. The molecule has 1 atom stereocenters. The molecule has 84 valence electrons. The van der Waals surface area contributed by atoms with E-state index in [1.165, 1.54) is 12.2 Å². The van der Waals surface area contributed by atoms with E-state index in [0.29, 0.717) is 4.90 Å². The van der Waals surface area contributed by atoms with Crippen molar-refractivity contribution >= 4 is 11.9 Å². The Balaban J connectivity index is 2.80. The minimum absolute atomic E-state index is 0.238. The third-order valence-electron chi connectivity index (χ3n) is 1.90. The largest absolute Gasteiger partial charge is 0.471 e. The molecule has 0 saturated heterocycles. The van der Waals surface area contributed by atoms with Crippen molar-refractivity contribution in [3.8, 4) is 0 Å². The monoisotopic (exact) mass is 223 g/mol. The zero-order valence-corrected chi connectivity index (χ0v) is 7.75. The van der Waals surface area contributed by atoms with Crippen LogP contribution in [0.15, 0.2) is 12.2 Å². The molecule has 0 aromatic heterocycles. The van der Waals surface area contributed by atoms with Crippen molar-refractivity contribution < 1.29 is 27.5 Å².